The summed E-state index contributed by atoms with van der Waals surface area (Å²) >= 11 is 5.71. The van der Waals surface area contributed by atoms with Crippen LogP contribution in [-0.4, -0.2) is 32.4 Å². The highest BCUT2D eigenvalue weighted by molar-refractivity contribution is 7.90. The van der Waals surface area contributed by atoms with Gasteiger partial charge >= 0.3 is 10.2 Å². The molecule has 1 aromatic carbocycles. The van der Waals surface area contributed by atoms with Crippen LogP contribution < -0.4 is 4.72 Å². The number of halogens is 3. The molecule has 0 saturated heterocycles. The van der Waals surface area contributed by atoms with Gasteiger partial charge in [-0.2, -0.15) is 8.42 Å². The van der Waals surface area contributed by atoms with E-state index in [2.05, 4.69) is 4.99 Å². The molecular formula is C13H10ClF2N3O3S. The lowest BCUT2D eigenvalue weighted by atomic mass is 10.2. The maximum atomic E-state index is 14.1. The van der Waals surface area contributed by atoms with E-state index >= 15 is 0 Å². The van der Waals surface area contributed by atoms with Gasteiger partial charge in [-0.25, -0.2) is 18.1 Å². The lowest BCUT2D eigenvalue weighted by molar-refractivity contribution is 0.0431. The number of nitrogens with zero attached hydrogens (tertiary/aromatic N) is 2. The molecule has 1 N–H and O–H groups in total. The van der Waals surface area contributed by atoms with Gasteiger partial charge in [0.2, 0.25) is 6.35 Å². The predicted octanol–water partition coefficient (Wildman–Crippen LogP) is 2.00. The molecule has 1 aliphatic heterocycles. The third-order valence-corrected chi connectivity index (χ3v) is 4.27. The van der Waals surface area contributed by atoms with Crippen molar-refractivity contribution < 1.29 is 21.9 Å². The van der Waals surface area contributed by atoms with E-state index < -0.39 is 39.4 Å². The highest BCUT2D eigenvalue weighted by Gasteiger charge is 2.30. The van der Waals surface area contributed by atoms with Crippen molar-refractivity contribution in [3.05, 3.63) is 40.6 Å². The highest BCUT2D eigenvalue weighted by Crippen LogP contribution is 2.24. The Balaban J connectivity index is 2.40. The Morgan fingerprint density at radius 1 is 1.48 bits per heavy atom. The molecule has 1 aliphatic rings. The summed E-state index contributed by atoms with van der Waals surface area (Å²) in [6, 6.07) is 1.75. The number of nitrogens with one attached hydrogen (secondary N) is 1. The van der Waals surface area contributed by atoms with Crippen LogP contribution in [0.4, 0.5) is 14.5 Å². The smallest absolute Gasteiger partial charge is 0.327 e. The molecule has 122 valence electrons. The zero-order valence-electron chi connectivity index (χ0n) is 11.6. The minimum atomic E-state index is -4.34. The van der Waals surface area contributed by atoms with E-state index in [0.717, 1.165) is 18.3 Å². The molecule has 23 heavy (non-hydrogen) atoms. The zero-order chi connectivity index (χ0) is 17.2. The van der Waals surface area contributed by atoms with Crippen molar-refractivity contribution in [1.82, 2.24) is 4.31 Å². The van der Waals surface area contributed by atoms with Crippen LogP contribution in [0.1, 0.15) is 5.56 Å². The molecule has 2 rings (SSSR count). The number of ether oxygens (including phenoxy) is 1. The van der Waals surface area contributed by atoms with Crippen LogP contribution in [0.25, 0.3) is 0 Å². The van der Waals surface area contributed by atoms with Crippen LogP contribution in [0.5, 0.6) is 0 Å². The summed E-state index contributed by atoms with van der Waals surface area (Å²) in [5.41, 5.74) is -1.20. The maximum Gasteiger partial charge on any atom is 0.327 e. The summed E-state index contributed by atoms with van der Waals surface area (Å²) in [5, 5.41) is 0.0209. The average molecular weight is 362 g/mol. The van der Waals surface area contributed by atoms with Crippen LogP contribution in [-0.2, 0) is 14.9 Å². The van der Waals surface area contributed by atoms with E-state index in [1.807, 2.05) is 10.6 Å². The third-order valence-electron chi connectivity index (χ3n) is 2.76. The van der Waals surface area contributed by atoms with Gasteiger partial charge in [-0.05, 0) is 12.1 Å². The number of allylic oxidation sites excluding steroid dienone is 1. The summed E-state index contributed by atoms with van der Waals surface area (Å²) in [5.74, 6) is -0.370. The van der Waals surface area contributed by atoms with Gasteiger partial charge in [-0.3, -0.25) is 4.72 Å². The van der Waals surface area contributed by atoms with E-state index in [9.17, 15) is 17.2 Å². The van der Waals surface area contributed by atoms with Crippen LogP contribution in [0.2, 0.25) is 0 Å². The highest BCUT2D eigenvalue weighted by atomic mass is 35.5. The molecule has 0 aromatic heterocycles. The SMILES string of the molecule is C#Cc1c(F)ccc(NS(=O)(=O)N2C=C(Cl)C=NC2OC)c1F. The van der Waals surface area contributed by atoms with Crippen molar-refractivity contribution in [3.63, 3.8) is 0 Å². The van der Waals surface area contributed by atoms with E-state index in [0.29, 0.717) is 4.31 Å². The van der Waals surface area contributed by atoms with Gasteiger partial charge in [0.15, 0.2) is 5.82 Å². The first-order valence-electron chi connectivity index (χ1n) is 5.99. The summed E-state index contributed by atoms with van der Waals surface area (Å²) in [4.78, 5) is 3.76. The molecule has 1 unspecified atom stereocenters. The molecule has 0 spiro atoms. The van der Waals surface area contributed by atoms with Gasteiger partial charge < -0.3 is 4.74 Å². The lowest BCUT2D eigenvalue weighted by Crippen LogP contribution is -2.41. The molecule has 0 radical (unpaired) electrons. The number of benzene rings is 1. The summed E-state index contributed by atoms with van der Waals surface area (Å²) in [7, 11) is -3.11. The van der Waals surface area contributed by atoms with Gasteiger partial charge in [0, 0.05) is 19.5 Å². The molecule has 6 nitrogen and oxygen atoms in total. The van der Waals surface area contributed by atoms with Crippen molar-refractivity contribution in [2.75, 3.05) is 11.8 Å². The Bertz CT molecular complexity index is 834. The summed E-state index contributed by atoms with van der Waals surface area (Å²) in [6.45, 7) is 0. The fraction of sp³-hybridized carbons (Fsp3) is 0.154. The number of methoxy groups -OCH3 is 1. The average Bonchev–Trinajstić information content (AvgIpc) is 2.50. The Hall–Kier alpha value is -2.15. The molecule has 10 heteroatoms. The number of hydrogen-bond donors (Lipinski definition) is 1. The van der Waals surface area contributed by atoms with Crippen LogP contribution in [0, 0.1) is 24.0 Å². The van der Waals surface area contributed by atoms with Gasteiger partial charge in [0.25, 0.3) is 0 Å². The summed E-state index contributed by atoms with van der Waals surface area (Å²) in [6.07, 6.45) is 6.03. The van der Waals surface area contributed by atoms with Crippen molar-refractivity contribution in [1.29, 1.82) is 0 Å². The molecular weight excluding hydrogens is 352 g/mol. The number of terminal acetylenes is 1. The molecule has 1 atom stereocenters. The fourth-order valence-electron chi connectivity index (χ4n) is 1.73. The molecule has 1 heterocycles. The second kappa shape index (κ2) is 6.54. The number of rotatable bonds is 4. The summed E-state index contributed by atoms with van der Waals surface area (Å²) < 4.78 is 59.6. The van der Waals surface area contributed by atoms with Gasteiger partial charge in [-0.15, -0.1) is 6.42 Å². The number of hydrogen-bond acceptors (Lipinski definition) is 4. The molecule has 0 fully saturated rings. The van der Waals surface area contributed by atoms with Crippen molar-refractivity contribution in [3.8, 4) is 12.3 Å². The monoisotopic (exact) mass is 361 g/mol. The van der Waals surface area contributed by atoms with E-state index in [1.165, 1.54) is 13.3 Å². The van der Waals surface area contributed by atoms with Crippen molar-refractivity contribution >= 4 is 33.7 Å². The van der Waals surface area contributed by atoms with Crippen LogP contribution in [0.3, 0.4) is 0 Å². The topological polar surface area (TPSA) is 71.0 Å². The van der Waals surface area contributed by atoms with E-state index in [1.54, 1.807) is 0 Å². The number of aliphatic imine (C=N–C) groups is 1. The Morgan fingerprint density at radius 2 is 2.17 bits per heavy atom. The Labute approximate surface area is 136 Å². The van der Waals surface area contributed by atoms with Gasteiger partial charge in [0.05, 0.1) is 16.3 Å². The second-order valence-corrected chi connectivity index (χ2v) is 6.23. The number of anilines is 1. The fourth-order valence-corrected chi connectivity index (χ4v) is 3.12. The Kier molecular flexibility index (Phi) is 4.89. The zero-order valence-corrected chi connectivity index (χ0v) is 13.2. The minimum Gasteiger partial charge on any atom is -0.342 e. The first-order chi connectivity index (χ1) is 10.8. The minimum absolute atomic E-state index is 0.0209. The predicted molar refractivity (Wildman–Crippen MR) is 81.9 cm³/mol. The van der Waals surface area contributed by atoms with Crippen LogP contribution in [0.15, 0.2) is 28.4 Å². The van der Waals surface area contributed by atoms with Crippen molar-refractivity contribution in [2.45, 2.75) is 6.35 Å². The molecule has 1 aromatic rings. The first kappa shape index (κ1) is 17.2. The molecule has 0 amide bonds. The normalized spacial score (nSPS) is 17.6. The second-order valence-electron chi connectivity index (χ2n) is 4.22. The van der Waals surface area contributed by atoms with Crippen LogP contribution >= 0.6 is 11.6 Å². The molecule has 0 saturated carbocycles. The maximum absolute atomic E-state index is 14.1. The lowest BCUT2D eigenvalue weighted by Gasteiger charge is -2.28. The quantitative estimate of drug-likeness (QED) is 0.834. The van der Waals surface area contributed by atoms with Gasteiger partial charge in [-0.1, -0.05) is 17.5 Å². The third kappa shape index (κ3) is 3.44. The van der Waals surface area contributed by atoms with E-state index in [-0.39, 0.29) is 5.03 Å². The molecule has 0 bridgehead atoms. The molecule has 0 aliphatic carbocycles. The van der Waals surface area contributed by atoms with Crippen molar-refractivity contribution in [2.24, 2.45) is 4.99 Å². The first-order valence-corrected chi connectivity index (χ1v) is 7.81. The van der Waals surface area contributed by atoms with E-state index in [4.69, 9.17) is 22.8 Å². The standard InChI is InChI=1S/C13H10ClF2N3O3S/c1-3-9-10(15)4-5-11(12(9)16)18-23(20,21)19-7-8(14)6-17-13(19)22-2/h1,4-7,13,18H,2H3. The van der Waals surface area contributed by atoms with Gasteiger partial charge in [0.1, 0.15) is 5.82 Å². The Morgan fingerprint density at radius 3 is 2.78 bits per heavy atom. The largest absolute Gasteiger partial charge is 0.342 e.